The Morgan fingerprint density at radius 2 is 1.67 bits per heavy atom. The molecular weight excluding hydrogens is 314 g/mol. The highest BCUT2D eigenvalue weighted by Crippen LogP contribution is 2.35. The van der Waals surface area contributed by atoms with Crippen molar-refractivity contribution < 1.29 is 43.2 Å². The quantitative estimate of drug-likeness (QED) is 0.264. The van der Waals surface area contributed by atoms with Crippen molar-refractivity contribution in [3.05, 3.63) is 0 Å². The van der Waals surface area contributed by atoms with Gasteiger partial charge in [-0.15, -0.1) is 4.33 Å². The number of aliphatic hydroxyl groups is 2. The van der Waals surface area contributed by atoms with Crippen LogP contribution in [0, 0.1) is 17.8 Å². The summed E-state index contributed by atoms with van der Waals surface area (Å²) in [6.07, 6.45) is 1.73. The van der Waals surface area contributed by atoms with Crippen LogP contribution >= 0.6 is 12.0 Å². The largest absolute Gasteiger partial charge is 0.460 e. The van der Waals surface area contributed by atoms with Crippen molar-refractivity contribution in [2.24, 2.45) is 17.8 Å². The normalized spacial score (nSPS) is 26.6. The maximum absolute atomic E-state index is 13.1. The fourth-order valence-electron chi connectivity index (χ4n) is 2.51. The molecule has 1 fully saturated rings. The van der Waals surface area contributed by atoms with Crippen LogP contribution in [0.5, 0.6) is 0 Å². The molecule has 21 heavy (non-hydrogen) atoms. The summed E-state index contributed by atoms with van der Waals surface area (Å²) in [4.78, 5) is 11.2. The fraction of sp³-hybridized carbons (Fsp3) is 0.909. The van der Waals surface area contributed by atoms with Crippen LogP contribution in [0.3, 0.4) is 0 Å². The van der Waals surface area contributed by atoms with Crippen LogP contribution in [0.1, 0.15) is 19.3 Å². The van der Waals surface area contributed by atoms with E-state index in [-0.39, 0.29) is 37.6 Å². The van der Waals surface area contributed by atoms with Gasteiger partial charge in [-0.1, -0.05) is 5.04 Å². The van der Waals surface area contributed by atoms with E-state index < -0.39 is 23.3 Å². The van der Waals surface area contributed by atoms with Gasteiger partial charge in [0.25, 0.3) is 0 Å². The van der Waals surface area contributed by atoms with Gasteiger partial charge in [0.15, 0.2) is 0 Å². The van der Waals surface area contributed by atoms with E-state index in [1.165, 1.54) is 0 Å². The maximum atomic E-state index is 13.1. The Bertz CT molecular complexity index is 320. The topological polar surface area (TPSA) is 105 Å². The summed E-state index contributed by atoms with van der Waals surface area (Å²) in [5.41, 5.74) is 0. The van der Waals surface area contributed by atoms with E-state index in [0.717, 1.165) is 0 Å². The molecule has 0 spiro atoms. The lowest BCUT2D eigenvalue weighted by Gasteiger charge is -2.33. The maximum Gasteiger partial charge on any atom is 0.415 e. The lowest BCUT2D eigenvalue weighted by molar-refractivity contribution is -0.433. The summed E-state index contributed by atoms with van der Waals surface area (Å²) in [6.45, 7) is -0.356. The molecule has 0 heterocycles. The number of carbonyl (C=O) groups is 1. The Balaban J connectivity index is 2.44. The molecule has 0 saturated heterocycles. The van der Waals surface area contributed by atoms with Gasteiger partial charge in [0, 0.05) is 13.2 Å². The molecular formula is C11H18F2O7S. The van der Waals surface area contributed by atoms with Crippen LogP contribution < -0.4 is 0 Å². The molecule has 0 radical (unpaired) electrons. The van der Waals surface area contributed by atoms with Crippen LogP contribution in [0.15, 0.2) is 0 Å². The first-order chi connectivity index (χ1) is 9.92. The highest BCUT2D eigenvalue weighted by Gasteiger charge is 2.44. The highest BCUT2D eigenvalue weighted by molar-refractivity contribution is 7.96. The van der Waals surface area contributed by atoms with Crippen LogP contribution in [0.2, 0.25) is 0 Å². The van der Waals surface area contributed by atoms with Gasteiger partial charge in [0.2, 0.25) is 0 Å². The van der Waals surface area contributed by atoms with Crippen molar-refractivity contribution in [3.63, 3.8) is 0 Å². The predicted octanol–water partition coefficient (Wildman–Crippen LogP) is 1.21. The Morgan fingerprint density at radius 1 is 1.14 bits per heavy atom. The molecule has 10 heteroatoms. The Kier molecular flexibility index (Phi) is 7.77. The third kappa shape index (κ3) is 6.01. The zero-order valence-corrected chi connectivity index (χ0v) is 11.9. The molecule has 7 nitrogen and oxygen atoms in total. The van der Waals surface area contributed by atoms with Crippen molar-refractivity contribution in [2.45, 2.75) is 24.5 Å². The van der Waals surface area contributed by atoms with Gasteiger partial charge in [-0.2, -0.15) is 8.78 Å². The summed E-state index contributed by atoms with van der Waals surface area (Å²) in [6, 6.07) is 0. The van der Waals surface area contributed by atoms with Crippen molar-refractivity contribution in [3.8, 4) is 0 Å². The van der Waals surface area contributed by atoms with E-state index in [2.05, 4.69) is 14.1 Å². The SMILES string of the molecule is O=C(OCC1CC(CO)CC(CO)C1)C(F)(F)SOOO. The Morgan fingerprint density at radius 3 is 2.14 bits per heavy atom. The molecule has 124 valence electrons. The molecule has 0 aromatic rings. The minimum atomic E-state index is -4.01. The summed E-state index contributed by atoms with van der Waals surface area (Å²) in [5, 5.41) is 25.1. The first-order valence-corrected chi connectivity index (χ1v) is 7.09. The second kappa shape index (κ2) is 8.81. The predicted molar refractivity (Wildman–Crippen MR) is 66.8 cm³/mol. The average Bonchev–Trinajstić information content (AvgIpc) is 2.49. The Hall–Kier alpha value is -0.520. The molecule has 3 N–H and O–H groups in total. The first kappa shape index (κ1) is 18.5. The zero-order valence-electron chi connectivity index (χ0n) is 11.1. The minimum Gasteiger partial charge on any atom is -0.460 e. The van der Waals surface area contributed by atoms with Gasteiger partial charge in [-0.05, 0) is 37.0 Å². The standard InChI is InChI=1S/C11H18F2O7S/c12-11(13,21-20-19-17)10(16)18-6-9-2-7(4-14)1-8(3-9)5-15/h7-9,14-15,17H,1-6H2. The summed E-state index contributed by atoms with van der Waals surface area (Å²) in [5.74, 6) is -2.09. The number of alkyl halides is 2. The molecule has 1 saturated carbocycles. The molecule has 1 rings (SSSR count). The number of hydrogen-bond donors (Lipinski definition) is 3. The summed E-state index contributed by atoms with van der Waals surface area (Å²) < 4.78 is 34.3. The van der Waals surface area contributed by atoms with Gasteiger partial charge in [-0.25, -0.2) is 10.1 Å². The van der Waals surface area contributed by atoms with Crippen molar-refractivity contribution >= 4 is 18.0 Å². The van der Waals surface area contributed by atoms with E-state index in [4.69, 9.17) is 15.5 Å². The van der Waals surface area contributed by atoms with Crippen LogP contribution in [-0.4, -0.2) is 46.5 Å². The third-order valence-corrected chi connectivity index (χ3v) is 3.88. The number of ether oxygens (including phenoxy) is 1. The lowest BCUT2D eigenvalue weighted by atomic mass is 9.76. The van der Waals surface area contributed by atoms with Crippen LogP contribution in [0.4, 0.5) is 8.78 Å². The number of carbonyl (C=O) groups excluding carboxylic acids is 1. The smallest absolute Gasteiger partial charge is 0.415 e. The van der Waals surface area contributed by atoms with E-state index >= 15 is 0 Å². The molecule has 0 aromatic carbocycles. The highest BCUT2D eigenvalue weighted by atomic mass is 32.2. The molecule has 0 aromatic heterocycles. The second-order valence-electron chi connectivity index (χ2n) is 5.01. The number of hydrogen-bond acceptors (Lipinski definition) is 8. The monoisotopic (exact) mass is 332 g/mol. The number of halogens is 2. The molecule has 1 aliphatic carbocycles. The van der Waals surface area contributed by atoms with Crippen LogP contribution in [0.25, 0.3) is 0 Å². The number of esters is 1. The molecule has 1 aliphatic rings. The van der Waals surface area contributed by atoms with Gasteiger partial charge in [-0.3, -0.25) is 0 Å². The van der Waals surface area contributed by atoms with Gasteiger partial charge in [0.05, 0.1) is 6.61 Å². The third-order valence-electron chi connectivity index (χ3n) is 3.37. The molecule has 0 amide bonds. The van der Waals surface area contributed by atoms with Gasteiger partial charge < -0.3 is 14.9 Å². The van der Waals surface area contributed by atoms with E-state index in [9.17, 15) is 13.6 Å². The average molecular weight is 332 g/mol. The second-order valence-corrected chi connectivity index (χ2v) is 5.83. The van der Waals surface area contributed by atoms with Gasteiger partial charge in [0.1, 0.15) is 12.0 Å². The van der Waals surface area contributed by atoms with Crippen molar-refractivity contribution in [2.75, 3.05) is 19.8 Å². The molecule has 0 aliphatic heterocycles. The van der Waals surface area contributed by atoms with Crippen molar-refractivity contribution in [1.29, 1.82) is 0 Å². The molecule has 0 bridgehead atoms. The van der Waals surface area contributed by atoms with Gasteiger partial charge >= 0.3 is 11.2 Å². The number of rotatable bonds is 8. The number of aliphatic hydroxyl groups excluding tert-OH is 2. The van der Waals surface area contributed by atoms with Crippen LogP contribution in [-0.2, 0) is 18.9 Å². The summed E-state index contributed by atoms with van der Waals surface area (Å²) >= 11 is -0.677. The first-order valence-electron chi connectivity index (χ1n) is 6.35. The lowest BCUT2D eigenvalue weighted by Crippen LogP contribution is -2.33. The van der Waals surface area contributed by atoms with E-state index in [0.29, 0.717) is 19.3 Å². The molecule has 2 atom stereocenters. The summed E-state index contributed by atoms with van der Waals surface area (Å²) in [7, 11) is 0. The Labute approximate surface area is 124 Å². The van der Waals surface area contributed by atoms with E-state index in [1.807, 2.05) is 0 Å². The van der Waals surface area contributed by atoms with E-state index in [1.54, 1.807) is 0 Å². The van der Waals surface area contributed by atoms with Crippen molar-refractivity contribution in [1.82, 2.24) is 0 Å². The minimum absolute atomic E-state index is 0.0411. The fourth-order valence-corrected chi connectivity index (χ4v) is 2.75. The zero-order chi connectivity index (χ0) is 15.9. The molecule has 2 unspecified atom stereocenters.